The maximum absolute atomic E-state index is 5.58. The summed E-state index contributed by atoms with van der Waals surface area (Å²) in [5.41, 5.74) is 3.76. The van der Waals surface area contributed by atoms with E-state index in [1.807, 2.05) is 12.1 Å². The molecule has 0 bridgehead atoms. The van der Waals surface area contributed by atoms with E-state index in [4.69, 9.17) is 18.9 Å². The molecule has 0 saturated carbocycles. The first-order chi connectivity index (χ1) is 13.1. The average Bonchev–Trinajstić information content (AvgIpc) is 2.70. The molecule has 0 saturated heterocycles. The Hall–Kier alpha value is -2.40. The molecule has 2 aromatic carbocycles. The van der Waals surface area contributed by atoms with Crippen LogP contribution in [0, 0.1) is 0 Å². The van der Waals surface area contributed by atoms with Crippen molar-refractivity contribution in [1.82, 2.24) is 5.32 Å². The van der Waals surface area contributed by atoms with E-state index in [2.05, 4.69) is 30.4 Å². The Morgan fingerprint density at radius 3 is 2.30 bits per heavy atom. The lowest BCUT2D eigenvalue weighted by Crippen LogP contribution is -2.37. The zero-order valence-electron chi connectivity index (χ0n) is 16.8. The first kappa shape index (κ1) is 19.4. The maximum atomic E-state index is 5.58. The fraction of sp³-hybridized carbons (Fsp3) is 0.455. The van der Waals surface area contributed by atoms with Gasteiger partial charge in [0.05, 0.1) is 28.4 Å². The molecule has 0 aliphatic carbocycles. The maximum Gasteiger partial charge on any atom is 0.163 e. The number of hydrogen-bond acceptors (Lipinski definition) is 5. The fourth-order valence-electron chi connectivity index (χ4n) is 3.95. The van der Waals surface area contributed by atoms with Gasteiger partial charge in [-0.25, -0.2) is 0 Å². The summed E-state index contributed by atoms with van der Waals surface area (Å²) < 4.78 is 22.0. The van der Waals surface area contributed by atoms with Crippen molar-refractivity contribution in [3.05, 3.63) is 47.0 Å². The van der Waals surface area contributed by atoms with Crippen molar-refractivity contribution in [2.24, 2.45) is 0 Å². The molecule has 27 heavy (non-hydrogen) atoms. The largest absolute Gasteiger partial charge is 0.493 e. The Morgan fingerprint density at radius 1 is 0.926 bits per heavy atom. The Kier molecular flexibility index (Phi) is 6.11. The number of benzene rings is 2. The first-order valence-corrected chi connectivity index (χ1v) is 9.32. The van der Waals surface area contributed by atoms with Gasteiger partial charge in [-0.15, -0.1) is 0 Å². The van der Waals surface area contributed by atoms with Crippen LogP contribution in [0.1, 0.15) is 36.1 Å². The van der Waals surface area contributed by atoms with Gasteiger partial charge in [0.1, 0.15) is 0 Å². The molecule has 3 rings (SSSR count). The quantitative estimate of drug-likeness (QED) is 0.799. The van der Waals surface area contributed by atoms with Gasteiger partial charge in [-0.3, -0.25) is 0 Å². The molecule has 1 aliphatic heterocycles. The Labute approximate surface area is 161 Å². The van der Waals surface area contributed by atoms with Crippen molar-refractivity contribution < 1.29 is 18.9 Å². The summed E-state index contributed by atoms with van der Waals surface area (Å²) in [6, 6.07) is 10.9. The predicted octanol–water partition coefficient (Wildman–Crippen LogP) is 3.93. The normalized spacial score (nSPS) is 18.6. The summed E-state index contributed by atoms with van der Waals surface area (Å²) in [5.74, 6) is 3.15. The van der Waals surface area contributed by atoms with Crippen LogP contribution in [0.2, 0.25) is 0 Å². The van der Waals surface area contributed by atoms with Crippen molar-refractivity contribution in [2.45, 2.75) is 38.3 Å². The van der Waals surface area contributed by atoms with Gasteiger partial charge >= 0.3 is 0 Å². The minimum atomic E-state index is 0.250. The van der Waals surface area contributed by atoms with Crippen molar-refractivity contribution in [2.75, 3.05) is 28.4 Å². The zero-order chi connectivity index (χ0) is 19.4. The Balaban J connectivity index is 1.87. The number of fused-ring (bicyclic) bond motifs is 1. The molecule has 0 spiro atoms. The number of aryl methyl sites for hydroxylation is 1. The molecular formula is C22H29NO4. The molecule has 1 aliphatic rings. The van der Waals surface area contributed by atoms with Crippen LogP contribution in [0.15, 0.2) is 30.3 Å². The minimum absolute atomic E-state index is 0.250. The lowest BCUT2D eigenvalue weighted by atomic mass is 9.87. The van der Waals surface area contributed by atoms with Crippen LogP contribution in [-0.4, -0.2) is 34.5 Å². The summed E-state index contributed by atoms with van der Waals surface area (Å²) in [6.45, 7) is 2.22. The lowest BCUT2D eigenvalue weighted by molar-refractivity contribution is 0.345. The average molecular weight is 371 g/mol. The second kappa shape index (κ2) is 8.53. The summed E-state index contributed by atoms with van der Waals surface area (Å²) in [7, 11) is 6.72. The molecule has 5 heteroatoms. The second-order valence-corrected chi connectivity index (χ2v) is 6.92. The number of hydrogen-bond donors (Lipinski definition) is 1. The van der Waals surface area contributed by atoms with Gasteiger partial charge in [-0.1, -0.05) is 12.1 Å². The van der Waals surface area contributed by atoms with E-state index in [1.54, 1.807) is 28.4 Å². The third-order valence-corrected chi connectivity index (χ3v) is 5.22. The van der Waals surface area contributed by atoms with Crippen LogP contribution >= 0.6 is 0 Å². The summed E-state index contributed by atoms with van der Waals surface area (Å²) in [5, 5.41) is 3.73. The number of para-hydroxylation sites is 1. The molecule has 0 fully saturated rings. The van der Waals surface area contributed by atoms with Crippen LogP contribution in [0.5, 0.6) is 23.0 Å². The van der Waals surface area contributed by atoms with Crippen LogP contribution in [0.3, 0.4) is 0 Å². The number of nitrogens with one attached hydrogen (secondary N) is 1. The number of rotatable bonds is 7. The lowest BCUT2D eigenvalue weighted by Gasteiger charge is -2.32. The van der Waals surface area contributed by atoms with E-state index in [-0.39, 0.29) is 6.04 Å². The molecule has 0 radical (unpaired) electrons. The minimum Gasteiger partial charge on any atom is -0.493 e. The highest BCUT2D eigenvalue weighted by atomic mass is 16.5. The Morgan fingerprint density at radius 2 is 1.63 bits per heavy atom. The van der Waals surface area contributed by atoms with Crippen LogP contribution in [0.4, 0.5) is 0 Å². The second-order valence-electron chi connectivity index (χ2n) is 6.92. The SMILES string of the molecule is COc1cc2c(cc1OC)C(CCc1cccc(OC)c1OC)N[C@@H](C)C2. The van der Waals surface area contributed by atoms with E-state index in [0.29, 0.717) is 6.04 Å². The van der Waals surface area contributed by atoms with Gasteiger partial charge in [0, 0.05) is 12.1 Å². The molecule has 1 heterocycles. The van der Waals surface area contributed by atoms with Gasteiger partial charge < -0.3 is 24.3 Å². The topological polar surface area (TPSA) is 49.0 Å². The van der Waals surface area contributed by atoms with E-state index < -0.39 is 0 Å². The highest BCUT2D eigenvalue weighted by Gasteiger charge is 2.26. The molecule has 0 aromatic heterocycles. The van der Waals surface area contributed by atoms with Gasteiger partial charge in [0.2, 0.25) is 0 Å². The molecule has 146 valence electrons. The molecule has 5 nitrogen and oxygen atoms in total. The molecular weight excluding hydrogens is 342 g/mol. The van der Waals surface area contributed by atoms with Crippen molar-refractivity contribution in [1.29, 1.82) is 0 Å². The van der Waals surface area contributed by atoms with Crippen LogP contribution < -0.4 is 24.3 Å². The third-order valence-electron chi connectivity index (χ3n) is 5.22. The van der Waals surface area contributed by atoms with Crippen LogP contribution in [-0.2, 0) is 12.8 Å². The third kappa shape index (κ3) is 3.98. The van der Waals surface area contributed by atoms with Crippen molar-refractivity contribution in [3.8, 4) is 23.0 Å². The highest BCUT2D eigenvalue weighted by molar-refractivity contribution is 5.50. The molecule has 2 aromatic rings. The van der Waals surface area contributed by atoms with Gasteiger partial charge in [-0.2, -0.15) is 0 Å². The summed E-state index contributed by atoms with van der Waals surface area (Å²) >= 11 is 0. The van der Waals surface area contributed by atoms with E-state index in [9.17, 15) is 0 Å². The molecule has 2 atom stereocenters. The van der Waals surface area contributed by atoms with Crippen LogP contribution in [0.25, 0.3) is 0 Å². The van der Waals surface area contributed by atoms with Crippen molar-refractivity contribution in [3.63, 3.8) is 0 Å². The predicted molar refractivity (Wildman–Crippen MR) is 106 cm³/mol. The Bertz CT molecular complexity index is 790. The smallest absolute Gasteiger partial charge is 0.163 e. The number of methoxy groups -OCH3 is 4. The van der Waals surface area contributed by atoms with E-state index in [1.165, 1.54) is 11.1 Å². The van der Waals surface area contributed by atoms with Gasteiger partial charge in [0.25, 0.3) is 0 Å². The monoisotopic (exact) mass is 371 g/mol. The fourth-order valence-corrected chi connectivity index (χ4v) is 3.95. The summed E-state index contributed by atoms with van der Waals surface area (Å²) in [6.07, 6.45) is 2.82. The number of ether oxygens (including phenoxy) is 4. The molecule has 1 unspecified atom stereocenters. The van der Waals surface area contributed by atoms with E-state index in [0.717, 1.165) is 47.8 Å². The zero-order valence-corrected chi connectivity index (χ0v) is 16.8. The standard InChI is InChI=1S/C22H29NO4/c1-14-11-16-12-20(25-3)21(26-4)13-17(16)18(23-14)10-9-15-7-6-8-19(24-2)22(15)27-5/h6-8,12-14,18,23H,9-11H2,1-5H3/t14-,18?/m0/s1. The summed E-state index contributed by atoms with van der Waals surface area (Å²) in [4.78, 5) is 0. The first-order valence-electron chi connectivity index (χ1n) is 9.32. The van der Waals surface area contributed by atoms with Gasteiger partial charge in [0.15, 0.2) is 23.0 Å². The molecule has 0 amide bonds. The van der Waals surface area contributed by atoms with E-state index >= 15 is 0 Å². The highest BCUT2D eigenvalue weighted by Crippen LogP contribution is 2.38. The van der Waals surface area contributed by atoms with Gasteiger partial charge in [-0.05, 0) is 61.1 Å². The molecule has 1 N–H and O–H groups in total. The van der Waals surface area contributed by atoms with Crippen molar-refractivity contribution >= 4 is 0 Å².